The van der Waals surface area contributed by atoms with E-state index in [2.05, 4.69) is 15.7 Å². The molecule has 0 bridgehead atoms. The maximum absolute atomic E-state index is 12.3. The van der Waals surface area contributed by atoms with Crippen LogP contribution in [0.2, 0.25) is 0 Å². The summed E-state index contributed by atoms with van der Waals surface area (Å²) in [6.07, 6.45) is 3.50. The molecule has 7 nitrogen and oxygen atoms in total. The Kier molecular flexibility index (Phi) is 5.13. The number of benzene rings is 1. The molecular formula is C15H18N4O3. The van der Waals surface area contributed by atoms with Gasteiger partial charge in [-0.2, -0.15) is 5.10 Å². The molecule has 1 aromatic carbocycles. The van der Waals surface area contributed by atoms with E-state index in [-0.39, 0.29) is 18.5 Å². The fourth-order valence-electron chi connectivity index (χ4n) is 2.04. The first kappa shape index (κ1) is 15.6. The fourth-order valence-corrected chi connectivity index (χ4v) is 2.04. The normalized spacial score (nSPS) is 11.7. The van der Waals surface area contributed by atoms with E-state index in [9.17, 15) is 9.59 Å². The van der Waals surface area contributed by atoms with Crippen molar-refractivity contribution in [3.05, 3.63) is 48.3 Å². The van der Waals surface area contributed by atoms with Crippen LogP contribution in [0.5, 0.6) is 0 Å². The van der Waals surface area contributed by atoms with Crippen molar-refractivity contribution >= 4 is 17.6 Å². The number of amides is 1. The van der Waals surface area contributed by atoms with E-state index in [0.29, 0.717) is 17.8 Å². The Morgan fingerprint density at radius 2 is 2.09 bits per heavy atom. The third-order valence-corrected chi connectivity index (χ3v) is 3.00. The van der Waals surface area contributed by atoms with Gasteiger partial charge in [-0.3, -0.25) is 14.3 Å². The van der Waals surface area contributed by atoms with E-state index in [1.165, 1.54) is 0 Å². The molecular weight excluding hydrogens is 284 g/mol. The molecule has 7 heteroatoms. The van der Waals surface area contributed by atoms with Crippen molar-refractivity contribution in [1.29, 1.82) is 0 Å². The number of hydrogen-bond donors (Lipinski definition) is 3. The second-order valence-electron chi connectivity index (χ2n) is 4.90. The first-order chi connectivity index (χ1) is 10.6. The molecule has 0 aliphatic heterocycles. The quantitative estimate of drug-likeness (QED) is 0.714. The maximum Gasteiger partial charge on any atom is 0.322 e. The predicted octanol–water partition coefficient (Wildman–Crippen LogP) is 1.20. The molecule has 116 valence electrons. The lowest BCUT2D eigenvalue weighted by atomic mass is 10.1. The smallest absolute Gasteiger partial charge is 0.322 e. The molecule has 0 saturated carbocycles. The summed E-state index contributed by atoms with van der Waals surface area (Å²) in [5.74, 6) is -1.24. The van der Waals surface area contributed by atoms with Crippen molar-refractivity contribution in [1.82, 2.24) is 15.1 Å². The Morgan fingerprint density at radius 1 is 1.32 bits per heavy atom. The standard InChI is InChI=1S/C15H18N4O3/c1-11(10-19-8-4-7-17-19)18-15(22)12-5-2-3-6-13(12)16-9-14(20)21/h2-8,11,16H,9-10H2,1H3,(H,18,22)(H,20,21)/t11-/m0/s1. The monoisotopic (exact) mass is 302 g/mol. The highest BCUT2D eigenvalue weighted by Gasteiger charge is 2.14. The molecule has 0 aliphatic rings. The van der Waals surface area contributed by atoms with Crippen LogP contribution < -0.4 is 10.6 Å². The van der Waals surface area contributed by atoms with E-state index in [0.717, 1.165) is 0 Å². The van der Waals surface area contributed by atoms with Gasteiger partial charge in [-0.15, -0.1) is 0 Å². The average molecular weight is 302 g/mol. The largest absolute Gasteiger partial charge is 0.480 e. The fraction of sp³-hybridized carbons (Fsp3) is 0.267. The van der Waals surface area contributed by atoms with E-state index in [4.69, 9.17) is 5.11 Å². The summed E-state index contributed by atoms with van der Waals surface area (Å²) in [5, 5.41) is 18.4. The van der Waals surface area contributed by atoms with E-state index in [1.54, 1.807) is 35.1 Å². The minimum atomic E-state index is -0.984. The molecule has 0 aliphatic carbocycles. The number of aliphatic carboxylic acids is 1. The molecule has 1 aromatic heterocycles. The van der Waals surface area contributed by atoms with Crippen LogP contribution in [-0.2, 0) is 11.3 Å². The Morgan fingerprint density at radius 3 is 2.77 bits per heavy atom. The average Bonchev–Trinajstić information content (AvgIpc) is 2.98. The van der Waals surface area contributed by atoms with E-state index in [1.807, 2.05) is 19.2 Å². The highest BCUT2D eigenvalue weighted by molar-refractivity contribution is 6.00. The van der Waals surface area contributed by atoms with Gasteiger partial charge in [-0.1, -0.05) is 12.1 Å². The zero-order valence-electron chi connectivity index (χ0n) is 12.2. The van der Waals surface area contributed by atoms with Crippen LogP contribution in [-0.4, -0.2) is 39.4 Å². The van der Waals surface area contributed by atoms with Gasteiger partial charge >= 0.3 is 5.97 Å². The number of nitrogens with zero attached hydrogens (tertiary/aromatic N) is 2. The Balaban J connectivity index is 2.01. The summed E-state index contributed by atoms with van der Waals surface area (Å²) in [6, 6.07) is 8.52. The molecule has 0 saturated heterocycles. The Bertz CT molecular complexity index is 640. The van der Waals surface area contributed by atoms with Gasteiger partial charge in [0.2, 0.25) is 0 Å². The minimum Gasteiger partial charge on any atom is -0.480 e. The molecule has 1 atom stereocenters. The molecule has 3 N–H and O–H groups in total. The van der Waals surface area contributed by atoms with Gasteiger partial charge in [0.05, 0.1) is 12.1 Å². The van der Waals surface area contributed by atoms with Crippen LogP contribution in [0.4, 0.5) is 5.69 Å². The first-order valence-electron chi connectivity index (χ1n) is 6.89. The Labute approximate surface area is 128 Å². The van der Waals surface area contributed by atoms with Crippen LogP contribution in [0.3, 0.4) is 0 Å². The molecule has 1 amide bonds. The molecule has 1 heterocycles. The molecule has 0 fully saturated rings. The van der Waals surface area contributed by atoms with Crippen LogP contribution in [0.1, 0.15) is 17.3 Å². The third kappa shape index (κ3) is 4.34. The van der Waals surface area contributed by atoms with Crippen molar-refractivity contribution in [3.8, 4) is 0 Å². The van der Waals surface area contributed by atoms with Gasteiger partial charge < -0.3 is 15.7 Å². The van der Waals surface area contributed by atoms with Crippen molar-refractivity contribution in [3.63, 3.8) is 0 Å². The Hall–Kier alpha value is -2.83. The van der Waals surface area contributed by atoms with Crippen molar-refractivity contribution < 1.29 is 14.7 Å². The van der Waals surface area contributed by atoms with Crippen LogP contribution in [0.25, 0.3) is 0 Å². The molecule has 0 unspecified atom stereocenters. The summed E-state index contributed by atoms with van der Waals surface area (Å²) in [7, 11) is 0. The van der Waals surface area contributed by atoms with Crippen molar-refractivity contribution in [2.24, 2.45) is 0 Å². The predicted molar refractivity (Wildman–Crippen MR) is 81.7 cm³/mol. The first-order valence-corrected chi connectivity index (χ1v) is 6.89. The summed E-state index contributed by atoms with van der Waals surface area (Å²) in [4.78, 5) is 23.0. The molecule has 0 spiro atoms. The highest BCUT2D eigenvalue weighted by atomic mass is 16.4. The van der Waals surface area contributed by atoms with Gasteiger partial charge in [0.25, 0.3) is 5.91 Å². The zero-order chi connectivity index (χ0) is 15.9. The molecule has 2 aromatic rings. The van der Waals surface area contributed by atoms with Crippen LogP contribution >= 0.6 is 0 Å². The van der Waals surface area contributed by atoms with Gasteiger partial charge in [-0.25, -0.2) is 0 Å². The number of rotatable bonds is 7. The lowest BCUT2D eigenvalue weighted by Gasteiger charge is -2.16. The van der Waals surface area contributed by atoms with Crippen LogP contribution in [0, 0.1) is 0 Å². The molecule has 22 heavy (non-hydrogen) atoms. The number of carboxylic acid groups (broad SMARTS) is 1. The lowest BCUT2D eigenvalue weighted by molar-refractivity contribution is -0.134. The highest BCUT2D eigenvalue weighted by Crippen LogP contribution is 2.14. The number of carbonyl (C=O) groups excluding carboxylic acids is 1. The number of anilines is 1. The number of para-hydroxylation sites is 1. The summed E-state index contributed by atoms with van der Waals surface area (Å²) >= 11 is 0. The van der Waals surface area contributed by atoms with Crippen LogP contribution in [0.15, 0.2) is 42.7 Å². The number of aromatic nitrogens is 2. The van der Waals surface area contributed by atoms with E-state index >= 15 is 0 Å². The van der Waals surface area contributed by atoms with Gasteiger partial charge in [-0.05, 0) is 25.1 Å². The maximum atomic E-state index is 12.3. The molecule has 0 radical (unpaired) electrons. The minimum absolute atomic E-state index is 0.111. The number of nitrogens with one attached hydrogen (secondary N) is 2. The van der Waals surface area contributed by atoms with Gasteiger partial charge in [0, 0.05) is 24.1 Å². The third-order valence-electron chi connectivity index (χ3n) is 3.00. The lowest BCUT2D eigenvalue weighted by Crippen LogP contribution is -2.36. The second kappa shape index (κ2) is 7.26. The number of carbonyl (C=O) groups is 2. The topological polar surface area (TPSA) is 96.3 Å². The van der Waals surface area contributed by atoms with Crippen molar-refractivity contribution in [2.45, 2.75) is 19.5 Å². The number of carboxylic acids is 1. The summed E-state index contributed by atoms with van der Waals surface area (Å²) < 4.78 is 1.74. The van der Waals surface area contributed by atoms with Crippen molar-refractivity contribution in [2.75, 3.05) is 11.9 Å². The second-order valence-corrected chi connectivity index (χ2v) is 4.90. The van der Waals surface area contributed by atoms with Gasteiger partial charge in [0.15, 0.2) is 0 Å². The van der Waals surface area contributed by atoms with Gasteiger partial charge in [0.1, 0.15) is 6.54 Å². The SMILES string of the molecule is C[C@@H](Cn1cccn1)NC(=O)c1ccccc1NCC(=O)O. The zero-order valence-corrected chi connectivity index (χ0v) is 12.2. The number of hydrogen-bond acceptors (Lipinski definition) is 4. The summed E-state index contributed by atoms with van der Waals surface area (Å²) in [5.41, 5.74) is 0.907. The summed E-state index contributed by atoms with van der Waals surface area (Å²) in [6.45, 7) is 2.20. The molecule has 2 rings (SSSR count). The van der Waals surface area contributed by atoms with E-state index < -0.39 is 5.97 Å².